The molecule has 4 heterocycles. The maximum absolute atomic E-state index is 13.1. The highest BCUT2D eigenvalue weighted by molar-refractivity contribution is 7.91. The number of hydrogen-bond acceptors (Lipinski definition) is 8. The minimum Gasteiger partial charge on any atom is -0.450 e. The molecular formula is C21H25ClN4O6S3. The van der Waals surface area contributed by atoms with Crippen LogP contribution in [0.4, 0.5) is 9.80 Å². The van der Waals surface area contributed by atoms with Crippen LogP contribution in [0.2, 0.25) is 4.34 Å². The predicted octanol–water partition coefficient (Wildman–Crippen LogP) is 3.12. The highest BCUT2D eigenvalue weighted by Gasteiger charge is 2.36. The Morgan fingerprint density at radius 2 is 2.03 bits per heavy atom. The number of hydrogen-bond donors (Lipinski definition) is 2. The Kier molecular flexibility index (Phi) is 7.71. The largest absolute Gasteiger partial charge is 0.450 e. The summed E-state index contributed by atoms with van der Waals surface area (Å²) in [5.41, 5.74) is 6.61. The first-order valence-electron chi connectivity index (χ1n) is 11.0. The van der Waals surface area contributed by atoms with Gasteiger partial charge in [-0.25, -0.2) is 13.2 Å². The number of nitrogens with two attached hydrogens (primary N) is 1. The van der Waals surface area contributed by atoms with Crippen molar-refractivity contribution in [3.63, 3.8) is 0 Å². The van der Waals surface area contributed by atoms with Crippen molar-refractivity contribution in [2.75, 3.05) is 31.6 Å². The first kappa shape index (κ1) is 25.9. The van der Waals surface area contributed by atoms with Crippen LogP contribution in [0.25, 0.3) is 0 Å². The summed E-state index contributed by atoms with van der Waals surface area (Å²) < 4.78 is 32.8. The Morgan fingerprint density at radius 3 is 2.69 bits per heavy atom. The van der Waals surface area contributed by atoms with E-state index in [1.165, 1.54) is 27.8 Å². The number of amides is 3. The van der Waals surface area contributed by atoms with Crippen LogP contribution in [0, 0.1) is 5.92 Å². The lowest BCUT2D eigenvalue weighted by molar-refractivity contribution is -0.120. The van der Waals surface area contributed by atoms with Gasteiger partial charge in [0.25, 0.3) is 15.9 Å². The van der Waals surface area contributed by atoms with Gasteiger partial charge < -0.3 is 20.7 Å². The molecule has 0 bridgehead atoms. The first-order chi connectivity index (χ1) is 16.6. The van der Waals surface area contributed by atoms with E-state index >= 15 is 0 Å². The highest BCUT2D eigenvalue weighted by atomic mass is 35.5. The summed E-state index contributed by atoms with van der Waals surface area (Å²) in [5.74, 6) is -1.63. The number of nitrogens with one attached hydrogen (secondary N) is 1. The number of thiophene rings is 2. The number of anilines is 1. The fourth-order valence-corrected chi connectivity index (χ4v) is 8.71. The molecule has 2 aromatic rings. The summed E-state index contributed by atoms with van der Waals surface area (Å²) in [6.45, 7) is 2.95. The third kappa shape index (κ3) is 5.33. The van der Waals surface area contributed by atoms with Gasteiger partial charge in [-0.1, -0.05) is 11.6 Å². The van der Waals surface area contributed by atoms with Crippen LogP contribution in [-0.2, 0) is 32.5 Å². The lowest BCUT2D eigenvalue weighted by Crippen LogP contribution is -2.43. The average molecular weight is 561 g/mol. The van der Waals surface area contributed by atoms with Crippen molar-refractivity contribution >= 4 is 67.2 Å². The molecule has 3 N–H and O–H groups in total. The molecule has 4 rings (SSSR count). The third-order valence-corrected chi connectivity index (χ3v) is 10.7. The highest BCUT2D eigenvalue weighted by Crippen LogP contribution is 2.38. The third-order valence-electron chi connectivity index (χ3n) is 5.96. The van der Waals surface area contributed by atoms with E-state index in [1.54, 1.807) is 11.8 Å². The van der Waals surface area contributed by atoms with Crippen LogP contribution in [0.15, 0.2) is 16.3 Å². The van der Waals surface area contributed by atoms with Gasteiger partial charge in [0.1, 0.15) is 9.21 Å². The molecule has 1 atom stereocenters. The van der Waals surface area contributed by atoms with E-state index < -0.39 is 27.9 Å². The maximum atomic E-state index is 13.1. The Bertz CT molecular complexity index is 1260. The zero-order chi connectivity index (χ0) is 25.3. The molecule has 35 heavy (non-hydrogen) atoms. The fourth-order valence-electron chi connectivity index (χ4n) is 4.28. The molecule has 2 aromatic heterocycles. The van der Waals surface area contributed by atoms with Crippen molar-refractivity contribution in [2.24, 2.45) is 11.7 Å². The molecule has 0 saturated carbocycles. The summed E-state index contributed by atoms with van der Waals surface area (Å²) in [6.07, 6.45) is 1.01. The second-order valence-electron chi connectivity index (χ2n) is 8.19. The quantitative estimate of drug-likeness (QED) is 0.556. The van der Waals surface area contributed by atoms with Gasteiger partial charge in [0, 0.05) is 24.5 Å². The molecular weight excluding hydrogens is 536 g/mol. The molecule has 1 unspecified atom stereocenters. The standard InChI is InChI=1S/C21H25ClN4O6S3/c1-2-32-21(29)25-9-7-13-14(11-25)33-20(17(13)18(23)27)24-19(28)12-4-3-8-26(10-12)35(30,31)16-6-5-15(22)34-16/h5-6,12H,2-4,7-11H2,1H3,(H2,23,27)(H,24,28). The van der Waals surface area contributed by atoms with Crippen molar-refractivity contribution in [1.29, 1.82) is 0 Å². The molecule has 14 heteroatoms. The zero-order valence-corrected chi connectivity index (χ0v) is 22.1. The van der Waals surface area contributed by atoms with Crippen LogP contribution < -0.4 is 11.1 Å². The predicted molar refractivity (Wildman–Crippen MR) is 133 cm³/mol. The van der Waals surface area contributed by atoms with Crippen LogP contribution in [0.3, 0.4) is 0 Å². The number of ether oxygens (including phenoxy) is 1. The molecule has 0 radical (unpaired) electrons. The van der Waals surface area contributed by atoms with E-state index in [0.717, 1.165) is 21.8 Å². The molecule has 0 spiro atoms. The van der Waals surface area contributed by atoms with E-state index in [1.807, 2.05) is 0 Å². The van der Waals surface area contributed by atoms with Gasteiger partial charge in [-0.05, 0) is 43.9 Å². The molecule has 0 aliphatic carbocycles. The molecule has 10 nitrogen and oxygen atoms in total. The van der Waals surface area contributed by atoms with Crippen LogP contribution in [0.1, 0.15) is 40.6 Å². The Balaban J connectivity index is 1.51. The topological polar surface area (TPSA) is 139 Å². The van der Waals surface area contributed by atoms with Gasteiger partial charge in [-0.15, -0.1) is 22.7 Å². The maximum Gasteiger partial charge on any atom is 0.410 e. The van der Waals surface area contributed by atoms with Gasteiger partial charge in [0.05, 0.1) is 29.0 Å². The molecule has 190 valence electrons. The van der Waals surface area contributed by atoms with E-state index in [9.17, 15) is 22.8 Å². The van der Waals surface area contributed by atoms with Crippen LogP contribution >= 0.6 is 34.3 Å². The molecule has 1 saturated heterocycles. The van der Waals surface area contributed by atoms with Gasteiger partial charge >= 0.3 is 6.09 Å². The summed E-state index contributed by atoms with van der Waals surface area (Å²) in [5, 5.41) is 3.13. The van der Waals surface area contributed by atoms with Crippen molar-refractivity contribution < 1.29 is 27.5 Å². The monoisotopic (exact) mass is 560 g/mol. The number of rotatable bonds is 6. The van der Waals surface area contributed by atoms with Gasteiger partial charge in [0.2, 0.25) is 5.91 Å². The van der Waals surface area contributed by atoms with E-state index in [2.05, 4.69) is 5.32 Å². The molecule has 0 aromatic carbocycles. The number of carbonyl (C=O) groups is 3. The number of piperidine rings is 1. The normalized spacial score (nSPS) is 18.7. The minimum absolute atomic E-state index is 0.0251. The summed E-state index contributed by atoms with van der Waals surface area (Å²) >= 11 is 8.08. The Hall–Kier alpha value is -2.19. The average Bonchev–Trinajstić information content (AvgIpc) is 3.42. The number of halogens is 1. The zero-order valence-electron chi connectivity index (χ0n) is 18.9. The summed E-state index contributed by atoms with van der Waals surface area (Å²) in [7, 11) is -3.76. The van der Waals surface area contributed by atoms with E-state index in [4.69, 9.17) is 22.1 Å². The number of primary amides is 1. The summed E-state index contributed by atoms with van der Waals surface area (Å²) in [4.78, 5) is 39.8. The molecule has 2 aliphatic rings. The molecule has 2 aliphatic heterocycles. The van der Waals surface area contributed by atoms with E-state index in [0.29, 0.717) is 41.7 Å². The summed E-state index contributed by atoms with van der Waals surface area (Å²) in [6, 6.07) is 2.99. The van der Waals surface area contributed by atoms with Gasteiger partial charge in [-0.2, -0.15) is 4.31 Å². The fraction of sp³-hybridized carbons (Fsp3) is 0.476. The number of fused-ring (bicyclic) bond motifs is 1. The number of sulfonamides is 1. The Labute approximate surface area is 216 Å². The van der Waals surface area contributed by atoms with E-state index in [-0.39, 0.29) is 35.4 Å². The SMILES string of the molecule is CCOC(=O)N1CCc2c(sc(NC(=O)C3CCCN(S(=O)(=O)c4ccc(Cl)s4)C3)c2C(N)=O)C1. The second kappa shape index (κ2) is 10.4. The van der Waals surface area contributed by atoms with Crippen molar-refractivity contribution in [3.8, 4) is 0 Å². The van der Waals surface area contributed by atoms with Crippen LogP contribution in [0.5, 0.6) is 0 Å². The minimum atomic E-state index is -3.76. The first-order valence-corrected chi connectivity index (χ1v) is 14.5. The molecule has 1 fully saturated rings. The van der Waals surface area contributed by atoms with Crippen molar-refractivity contribution in [3.05, 3.63) is 32.5 Å². The number of nitrogens with zero attached hydrogens (tertiary/aromatic N) is 2. The smallest absolute Gasteiger partial charge is 0.410 e. The van der Waals surface area contributed by atoms with Crippen molar-refractivity contribution in [2.45, 2.75) is 36.9 Å². The van der Waals surface area contributed by atoms with Crippen molar-refractivity contribution in [1.82, 2.24) is 9.21 Å². The van der Waals surface area contributed by atoms with Gasteiger partial charge in [-0.3, -0.25) is 9.59 Å². The van der Waals surface area contributed by atoms with Gasteiger partial charge in [0.15, 0.2) is 0 Å². The van der Waals surface area contributed by atoms with Crippen LogP contribution in [-0.4, -0.2) is 61.8 Å². The second-order valence-corrected chi connectivity index (χ2v) is 13.2. The molecule has 3 amide bonds. The number of carbonyl (C=O) groups excluding carboxylic acids is 3. The lowest BCUT2D eigenvalue weighted by atomic mass is 9.98. The lowest BCUT2D eigenvalue weighted by Gasteiger charge is -2.30. The Morgan fingerprint density at radius 1 is 1.26 bits per heavy atom.